The summed E-state index contributed by atoms with van der Waals surface area (Å²) in [5.41, 5.74) is 0.820. The molecular weight excluding hydrogens is 385 g/mol. The van der Waals surface area contributed by atoms with Crippen molar-refractivity contribution in [3.8, 4) is 0 Å². The van der Waals surface area contributed by atoms with Gasteiger partial charge in [0.2, 0.25) is 0 Å². The molecule has 0 aromatic carbocycles. The Morgan fingerprint density at radius 2 is 2.08 bits per heavy atom. The third-order valence-corrected chi connectivity index (χ3v) is 5.55. The first-order valence-corrected chi connectivity index (χ1v) is 8.87. The third kappa shape index (κ3) is 3.40. The van der Waals surface area contributed by atoms with E-state index in [0.717, 1.165) is 10.4 Å². The Hall–Kier alpha value is -1.96. The molecule has 0 bridgehead atoms. The molecule has 3 heterocycles. The molecule has 0 saturated carbocycles. The van der Waals surface area contributed by atoms with Crippen LogP contribution in [0.5, 0.6) is 0 Å². The molecule has 0 saturated heterocycles. The number of thiophene rings is 1. The van der Waals surface area contributed by atoms with E-state index >= 15 is 0 Å². The lowest BCUT2D eigenvalue weighted by molar-refractivity contribution is 0.0319. The number of hydrogen-bond donors (Lipinski definition) is 1. The Balaban J connectivity index is 1.89. The van der Waals surface area contributed by atoms with E-state index in [1.54, 1.807) is 6.92 Å². The van der Waals surface area contributed by atoms with E-state index in [1.807, 2.05) is 13.8 Å². The molecule has 1 atom stereocenters. The van der Waals surface area contributed by atoms with Gasteiger partial charge < -0.3 is 9.72 Å². The van der Waals surface area contributed by atoms with Crippen LogP contribution in [0, 0.1) is 13.8 Å². The highest BCUT2D eigenvalue weighted by Crippen LogP contribution is 2.27. The van der Waals surface area contributed by atoms with Crippen LogP contribution in [0.15, 0.2) is 17.1 Å². The molecule has 0 spiro atoms. The number of hydrogen-bond acceptors (Lipinski definition) is 6. The number of nitrogens with zero attached hydrogens (tertiary/aromatic N) is 2. The molecule has 3 aromatic heterocycles. The van der Waals surface area contributed by atoms with Crippen LogP contribution in [0.25, 0.3) is 10.2 Å². The second-order valence-corrected chi connectivity index (χ2v) is 7.43. The highest BCUT2D eigenvalue weighted by molar-refractivity contribution is 7.18. The van der Waals surface area contributed by atoms with E-state index in [1.165, 1.54) is 23.6 Å². The van der Waals surface area contributed by atoms with E-state index in [2.05, 4.69) is 15.0 Å². The standard InChI is InChI=1S/C16H13Cl2N3O3S/c1-6-8(3)25-15-11(6)14(22)20-13(21-15)7(2)24-16(23)9-4-10(17)12(18)19-5-9/h4-5,7H,1-3H3,(H,20,21,22)/t7-/m1/s1. The summed E-state index contributed by atoms with van der Waals surface area (Å²) in [4.78, 5) is 37.1. The quantitative estimate of drug-likeness (QED) is 0.528. The van der Waals surface area contributed by atoms with Crippen LogP contribution in [0.3, 0.4) is 0 Å². The highest BCUT2D eigenvalue weighted by Gasteiger charge is 2.19. The number of carbonyl (C=O) groups excluding carboxylic acids is 1. The molecule has 0 aliphatic rings. The number of H-pyrrole nitrogens is 1. The van der Waals surface area contributed by atoms with Gasteiger partial charge in [-0.1, -0.05) is 23.2 Å². The lowest BCUT2D eigenvalue weighted by Crippen LogP contribution is -2.17. The Morgan fingerprint density at radius 1 is 1.36 bits per heavy atom. The van der Waals surface area contributed by atoms with E-state index in [-0.39, 0.29) is 27.1 Å². The van der Waals surface area contributed by atoms with Crippen LogP contribution in [0.1, 0.15) is 39.7 Å². The number of esters is 1. The van der Waals surface area contributed by atoms with Crippen molar-refractivity contribution in [3.63, 3.8) is 0 Å². The molecule has 130 valence electrons. The van der Waals surface area contributed by atoms with Crippen LogP contribution in [-0.2, 0) is 4.74 Å². The predicted octanol–water partition coefficient (Wildman–Crippen LogP) is 4.22. The third-order valence-electron chi connectivity index (χ3n) is 3.76. The Bertz CT molecular complexity index is 1050. The minimum atomic E-state index is -0.748. The van der Waals surface area contributed by atoms with E-state index in [9.17, 15) is 9.59 Å². The Morgan fingerprint density at radius 3 is 2.76 bits per heavy atom. The molecule has 9 heteroatoms. The van der Waals surface area contributed by atoms with E-state index < -0.39 is 12.1 Å². The van der Waals surface area contributed by atoms with Gasteiger partial charge in [-0.15, -0.1) is 11.3 Å². The maximum absolute atomic E-state index is 12.3. The number of rotatable bonds is 3. The number of aryl methyl sites for hydroxylation is 2. The van der Waals surface area contributed by atoms with Crippen LogP contribution < -0.4 is 5.56 Å². The maximum atomic E-state index is 12.3. The monoisotopic (exact) mass is 397 g/mol. The Kier molecular flexibility index (Phi) is 4.81. The fourth-order valence-corrected chi connectivity index (χ4v) is 3.59. The van der Waals surface area contributed by atoms with E-state index in [4.69, 9.17) is 27.9 Å². The first-order valence-electron chi connectivity index (χ1n) is 7.30. The van der Waals surface area contributed by atoms with Crippen LogP contribution >= 0.6 is 34.5 Å². The van der Waals surface area contributed by atoms with Gasteiger partial charge in [0.15, 0.2) is 11.9 Å². The van der Waals surface area contributed by atoms with Crippen molar-refractivity contribution in [2.45, 2.75) is 26.9 Å². The normalized spacial score (nSPS) is 12.4. The lowest BCUT2D eigenvalue weighted by Gasteiger charge is -2.12. The molecule has 0 fully saturated rings. The van der Waals surface area contributed by atoms with E-state index in [0.29, 0.717) is 10.2 Å². The second-order valence-electron chi connectivity index (χ2n) is 5.46. The number of aromatic amines is 1. The van der Waals surface area contributed by atoms with Gasteiger partial charge in [0.05, 0.1) is 16.0 Å². The summed E-state index contributed by atoms with van der Waals surface area (Å²) in [6, 6.07) is 1.37. The summed E-state index contributed by atoms with van der Waals surface area (Å²) in [6.07, 6.45) is 0.524. The number of aromatic nitrogens is 3. The van der Waals surface area contributed by atoms with Crippen molar-refractivity contribution < 1.29 is 9.53 Å². The smallest absolute Gasteiger partial charge is 0.340 e. The molecule has 1 N–H and O–H groups in total. The summed E-state index contributed by atoms with van der Waals surface area (Å²) >= 11 is 13.0. The van der Waals surface area contributed by atoms with Gasteiger partial charge in [0.1, 0.15) is 9.98 Å². The fraction of sp³-hybridized carbons (Fsp3) is 0.250. The molecule has 3 aromatic rings. The number of ether oxygens (including phenoxy) is 1. The lowest BCUT2D eigenvalue weighted by atomic mass is 10.2. The second kappa shape index (κ2) is 6.74. The zero-order valence-electron chi connectivity index (χ0n) is 13.5. The number of pyridine rings is 1. The summed E-state index contributed by atoms with van der Waals surface area (Å²) in [5.74, 6) is -0.361. The van der Waals surface area contributed by atoms with Gasteiger partial charge in [0.25, 0.3) is 5.56 Å². The summed E-state index contributed by atoms with van der Waals surface area (Å²) in [6.45, 7) is 5.44. The van der Waals surface area contributed by atoms with Crippen molar-refractivity contribution in [1.82, 2.24) is 15.0 Å². The molecule has 0 aliphatic carbocycles. The SMILES string of the molecule is Cc1sc2nc([C@@H](C)OC(=O)c3cnc(Cl)c(Cl)c3)[nH]c(=O)c2c1C. The van der Waals surface area contributed by atoms with Crippen molar-refractivity contribution in [2.75, 3.05) is 0 Å². The number of fused-ring (bicyclic) bond motifs is 1. The molecule has 3 rings (SSSR count). The summed E-state index contributed by atoms with van der Waals surface area (Å²) < 4.78 is 5.35. The van der Waals surface area contributed by atoms with Crippen molar-refractivity contribution in [2.24, 2.45) is 0 Å². The van der Waals surface area contributed by atoms with Gasteiger partial charge in [-0.3, -0.25) is 4.79 Å². The van der Waals surface area contributed by atoms with Crippen molar-refractivity contribution in [3.05, 3.63) is 54.6 Å². The van der Waals surface area contributed by atoms with Crippen LogP contribution in [0.2, 0.25) is 10.2 Å². The average molecular weight is 398 g/mol. The summed E-state index contributed by atoms with van der Waals surface area (Å²) in [7, 11) is 0. The fourth-order valence-electron chi connectivity index (χ4n) is 2.28. The maximum Gasteiger partial charge on any atom is 0.340 e. The van der Waals surface area contributed by atoms with Gasteiger partial charge in [-0.2, -0.15) is 0 Å². The van der Waals surface area contributed by atoms with Crippen LogP contribution in [-0.4, -0.2) is 20.9 Å². The predicted molar refractivity (Wildman–Crippen MR) is 97.8 cm³/mol. The zero-order chi connectivity index (χ0) is 18.3. The molecule has 0 aliphatic heterocycles. The van der Waals surface area contributed by atoms with Gasteiger partial charge >= 0.3 is 5.97 Å². The number of carbonyl (C=O) groups is 1. The van der Waals surface area contributed by atoms with Crippen molar-refractivity contribution >= 4 is 50.7 Å². The Labute approximate surface area is 156 Å². The molecule has 0 amide bonds. The number of halogens is 2. The first kappa shape index (κ1) is 17.8. The molecule has 0 radical (unpaired) electrons. The molecule has 0 unspecified atom stereocenters. The van der Waals surface area contributed by atoms with Gasteiger partial charge in [0, 0.05) is 11.1 Å². The average Bonchev–Trinajstić information content (AvgIpc) is 2.84. The first-order chi connectivity index (χ1) is 11.8. The highest BCUT2D eigenvalue weighted by atomic mass is 35.5. The van der Waals surface area contributed by atoms with Crippen LogP contribution in [0.4, 0.5) is 0 Å². The zero-order valence-corrected chi connectivity index (χ0v) is 15.8. The molecular formula is C16H13Cl2N3O3S. The van der Waals surface area contributed by atoms with Gasteiger partial charge in [-0.05, 0) is 32.4 Å². The summed E-state index contributed by atoms with van der Waals surface area (Å²) in [5, 5.41) is 0.825. The molecule has 6 nitrogen and oxygen atoms in total. The van der Waals surface area contributed by atoms with Crippen molar-refractivity contribution in [1.29, 1.82) is 0 Å². The van der Waals surface area contributed by atoms with Gasteiger partial charge in [-0.25, -0.2) is 14.8 Å². The minimum absolute atomic E-state index is 0.103. The molecule has 25 heavy (non-hydrogen) atoms. The largest absolute Gasteiger partial charge is 0.451 e. The number of nitrogens with one attached hydrogen (secondary N) is 1. The topological polar surface area (TPSA) is 84.9 Å². The minimum Gasteiger partial charge on any atom is -0.451 e.